The minimum Gasteiger partial charge on any atom is -0.330 e. The van der Waals surface area contributed by atoms with Crippen molar-refractivity contribution in [3.8, 4) is 0 Å². The summed E-state index contributed by atoms with van der Waals surface area (Å²) in [6, 6.07) is 6.00. The van der Waals surface area contributed by atoms with Gasteiger partial charge < -0.3 is 4.57 Å². The minimum absolute atomic E-state index is 0.235. The molecule has 0 amide bonds. The normalized spacial score (nSPS) is 12.5. The van der Waals surface area contributed by atoms with Crippen molar-refractivity contribution in [3.05, 3.63) is 52.5 Å². The van der Waals surface area contributed by atoms with E-state index in [1.54, 1.807) is 0 Å². The highest BCUT2D eigenvalue weighted by Crippen LogP contribution is 2.32. The molecule has 1 heterocycles. The third kappa shape index (κ3) is 5.03. The summed E-state index contributed by atoms with van der Waals surface area (Å²) in [5, 5.41) is 1.41. The third-order valence-corrected chi connectivity index (χ3v) is 4.60. The summed E-state index contributed by atoms with van der Waals surface area (Å²) in [6.07, 6.45) is 14.5. The van der Waals surface area contributed by atoms with E-state index < -0.39 is 0 Å². The van der Waals surface area contributed by atoms with Gasteiger partial charge in [0.25, 0.3) is 0 Å². The lowest BCUT2D eigenvalue weighted by molar-refractivity contribution is 0.492. The number of aromatic nitrogens is 2. The van der Waals surface area contributed by atoms with Gasteiger partial charge in [-0.25, -0.2) is 4.98 Å². The first-order valence-corrected chi connectivity index (χ1v) is 8.90. The van der Waals surface area contributed by atoms with Crippen molar-refractivity contribution in [2.24, 2.45) is 0 Å². The van der Waals surface area contributed by atoms with Crippen LogP contribution in [0.15, 0.2) is 36.9 Å². The maximum absolute atomic E-state index is 6.40. The van der Waals surface area contributed by atoms with Gasteiger partial charge in [-0.1, -0.05) is 74.7 Å². The fraction of sp³-hybridized carbons (Fsp3) is 0.500. The predicted octanol–water partition coefficient (Wildman–Crippen LogP) is 6.53. The summed E-state index contributed by atoms with van der Waals surface area (Å²) in [6.45, 7) is 2.25. The van der Waals surface area contributed by atoms with Gasteiger partial charge in [-0.05, 0) is 24.1 Å². The molecule has 2 rings (SSSR count). The van der Waals surface area contributed by atoms with Crippen LogP contribution in [0.1, 0.15) is 63.5 Å². The molecule has 1 aromatic carbocycles. The molecule has 120 valence electrons. The van der Waals surface area contributed by atoms with E-state index in [2.05, 4.69) is 16.5 Å². The van der Waals surface area contributed by atoms with Crippen molar-refractivity contribution >= 4 is 23.2 Å². The van der Waals surface area contributed by atoms with Crippen LogP contribution in [0.2, 0.25) is 10.0 Å². The smallest absolute Gasteiger partial charge is 0.0951 e. The monoisotopic (exact) mass is 338 g/mol. The SMILES string of the molecule is CCCCCCCCC(c1ccc(Cl)cc1Cl)n1ccnc1. The van der Waals surface area contributed by atoms with Gasteiger partial charge in [0.2, 0.25) is 0 Å². The molecular formula is C18H24Cl2N2. The van der Waals surface area contributed by atoms with Gasteiger partial charge in [0.1, 0.15) is 0 Å². The second-order valence-corrected chi connectivity index (χ2v) is 6.59. The Kier molecular flexibility index (Phi) is 7.28. The molecule has 1 atom stereocenters. The van der Waals surface area contributed by atoms with Crippen molar-refractivity contribution in [2.75, 3.05) is 0 Å². The first-order chi connectivity index (χ1) is 10.7. The van der Waals surface area contributed by atoms with Crippen molar-refractivity contribution in [1.29, 1.82) is 0 Å². The molecule has 4 heteroatoms. The third-order valence-electron chi connectivity index (χ3n) is 4.04. The molecule has 0 fully saturated rings. The molecule has 2 aromatic rings. The second-order valence-electron chi connectivity index (χ2n) is 5.75. The zero-order valence-electron chi connectivity index (χ0n) is 13.1. The summed E-state index contributed by atoms with van der Waals surface area (Å²) in [5.41, 5.74) is 1.12. The van der Waals surface area contributed by atoms with E-state index in [-0.39, 0.29) is 6.04 Å². The van der Waals surface area contributed by atoms with E-state index in [0.717, 1.165) is 17.0 Å². The van der Waals surface area contributed by atoms with E-state index in [4.69, 9.17) is 23.2 Å². The summed E-state index contributed by atoms with van der Waals surface area (Å²) in [5.74, 6) is 0. The number of imidazole rings is 1. The van der Waals surface area contributed by atoms with Crippen molar-refractivity contribution in [3.63, 3.8) is 0 Å². The quantitative estimate of drug-likeness (QED) is 0.475. The Hall–Kier alpha value is -0.990. The number of hydrogen-bond acceptors (Lipinski definition) is 1. The lowest BCUT2D eigenvalue weighted by atomic mass is 9.99. The summed E-state index contributed by atoms with van der Waals surface area (Å²) < 4.78 is 2.14. The number of halogens is 2. The zero-order chi connectivity index (χ0) is 15.8. The number of unbranched alkanes of at least 4 members (excludes halogenated alkanes) is 5. The molecule has 2 nitrogen and oxygen atoms in total. The fourth-order valence-corrected chi connectivity index (χ4v) is 3.34. The van der Waals surface area contributed by atoms with Gasteiger partial charge in [-0.15, -0.1) is 0 Å². The van der Waals surface area contributed by atoms with Crippen LogP contribution in [0.25, 0.3) is 0 Å². The van der Waals surface area contributed by atoms with Gasteiger partial charge in [-0.2, -0.15) is 0 Å². The maximum Gasteiger partial charge on any atom is 0.0951 e. The van der Waals surface area contributed by atoms with Gasteiger partial charge in [0, 0.05) is 22.4 Å². The van der Waals surface area contributed by atoms with Gasteiger partial charge >= 0.3 is 0 Å². The summed E-state index contributed by atoms with van der Waals surface area (Å²) in [4.78, 5) is 4.18. The summed E-state index contributed by atoms with van der Waals surface area (Å²) in [7, 11) is 0. The molecule has 0 N–H and O–H groups in total. The first-order valence-electron chi connectivity index (χ1n) is 8.14. The Labute approximate surface area is 143 Å². The van der Waals surface area contributed by atoms with Crippen molar-refractivity contribution < 1.29 is 0 Å². The average Bonchev–Trinajstić information content (AvgIpc) is 3.02. The highest BCUT2D eigenvalue weighted by atomic mass is 35.5. The Morgan fingerprint density at radius 3 is 2.55 bits per heavy atom. The Morgan fingerprint density at radius 2 is 1.86 bits per heavy atom. The highest BCUT2D eigenvalue weighted by Gasteiger charge is 2.16. The number of hydrogen-bond donors (Lipinski definition) is 0. The molecule has 0 aliphatic carbocycles. The molecule has 1 unspecified atom stereocenters. The predicted molar refractivity (Wildman–Crippen MR) is 94.8 cm³/mol. The van der Waals surface area contributed by atoms with E-state index >= 15 is 0 Å². The van der Waals surface area contributed by atoms with Gasteiger partial charge in [0.15, 0.2) is 0 Å². The lowest BCUT2D eigenvalue weighted by Gasteiger charge is -2.20. The molecule has 0 saturated heterocycles. The van der Waals surface area contributed by atoms with Crippen LogP contribution < -0.4 is 0 Å². The number of rotatable bonds is 9. The van der Waals surface area contributed by atoms with Gasteiger partial charge in [0.05, 0.1) is 12.4 Å². The molecule has 0 saturated carbocycles. The maximum atomic E-state index is 6.40. The fourth-order valence-electron chi connectivity index (χ4n) is 2.81. The number of nitrogens with zero attached hydrogens (tertiary/aromatic N) is 2. The van der Waals surface area contributed by atoms with Gasteiger partial charge in [-0.3, -0.25) is 0 Å². The summed E-state index contributed by atoms with van der Waals surface area (Å²) >= 11 is 12.4. The minimum atomic E-state index is 0.235. The Balaban J connectivity index is 2.01. The van der Waals surface area contributed by atoms with Crippen LogP contribution in [0.3, 0.4) is 0 Å². The van der Waals surface area contributed by atoms with Crippen LogP contribution in [-0.4, -0.2) is 9.55 Å². The van der Waals surface area contributed by atoms with E-state index in [9.17, 15) is 0 Å². The largest absolute Gasteiger partial charge is 0.330 e. The standard InChI is InChI=1S/C18H24Cl2N2/c1-2-3-4-5-6-7-8-18(22-12-11-21-14-22)16-10-9-15(19)13-17(16)20/h9-14,18H,2-8H2,1H3. The van der Waals surface area contributed by atoms with Crippen LogP contribution >= 0.6 is 23.2 Å². The molecule has 22 heavy (non-hydrogen) atoms. The molecule has 0 aliphatic heterocycles. The van der Waals surface area contributed by atoms with Crippen LogP contribution in [0, 0.1) is 0 Å². The Morgan fingerprint density at radius 1 is 1.09 bits per heavy atom. The average molecular weight is 339 g/mol. The van der Waals surface area contributed by atoms with E-state index in [1.807, 2.05) is 36.9 Å². The molecule has 0 bridgehead atoms. The van der Waals surface area contributed by atoms with E-state index in [0.29, 0.717) is 5.02 Å². The van der Waals surface area contributed by atoms with Crippen LogP contribution in [0.5, 0.6) is 0 Å². The first kappa shape index (κ1) is 17.4. The molecule has 1 aromatic heterocycles. The lowest BCUT2D eigenvalue weighted by Crippen LogP contribution is -2.09. The van der Waals surface area contributed by atoms with E-state index in [1.165, 1.54) is 38.5 Å². The second kappa shape index (κ2) is 9.22. The highest BCUT2D eigenvalue weighted by molar-refractivity contribution is 6.35. The zero-order valence-corrected chi connectivity index (χ0v) is 14.7. The van der Waals surface area contributed by atoms with Crippen LogP contribution in [0.4, 0.5) is 0 Å². The topological polar surface area (TPSA) is 17.8 Å². The number of benzene rings is 1. The molecule has 0 spiro atoms. The molecular weight excluding hydrogens is 315 g/mol. The van der Waals surface area contributed by atoms with Crippen molar-refractivity contribution in [1.82, 2.24) is 9.55 Å². The van der Waals surface area contributed by atoms with Crippen molar-refractivity contribution in [2.45, 2.75) is 57.9 Å². The van der Waals surface area contributed by atoms with Crippen LogP contribution in [-0.2, 0) is 0 Å². The Bertz CT molecular complexity index is 552. The molecule has 0 aliphatic rings. The molecule has 0 radical (unpaired) electrons.